The Morgan fingerprint density at radius 1 is 1.05 bits per heavy atom. The minimum absolute atomic E-state index is 0. The average molecular weight is 282 g/mol. The van der Waals surface area contributed by atoms with Gasteiger partial charge in [0.15, 0.2) is 0 Å². The number of nitrogens with two attached hydrogens (primary N) is 1. The minimum atomic E-state index is -0.0258. The van der Waals surface area contributed by atoms with Gasteiger partial charge in [0.25, 0.3) is 0 Å². The fraction of sp³-hybridized carbons (Fsp3) is 0.625. The van der Waals surface area contributed by atoms with Crippen LogP contribution >= 0.6 is 12.4 Å². The smallest absolute Gasteiger partial charge is 0.119 e. The Labute approximate surface area is 122 Å². The van der Waals surface area contributed by atoms with Gasteiger partial charge in [-0.3, -0.25) is 0 Å². The first-order valence-corrected chi connectivity index (χ1v) is 7.27. The van der Waals surface area contributed by atoms with Crippen molar-refractivity contribution in [2.75, 3.05) is 6.61 Å². The van der Waals surface area contributed by atoms with Gasteiger partial charge in [-0.05, 0) is 49.3 Å². The van der Waals surface area contributed by atoms with Crippen LogP contribution in [-0.2, 0) is 0 Å². The SMILES string of the molecule is Cl.NC1(COc2ccc(C3CCCCC3)cc2)CC1. The van der Waals surface area contributed by atoms with E-state index in [0.29, 0.717) is 6.61 Å². The molecule has 3 rings (SSSR count). The molecule has 2 aliphatic rings. The molecule has 2 N–H and O–H groups in total. The van der Waals surface area contributed by atoms with E-state index in [-0.39, 0.29) is 17.9 Å². The molecular weight excluding hydrogens is 258 g/mol. The van der Waals surface area contributed by atoms with Gasteiger partial charge in [0, 0.05) is 0 Å². The molecule has 1 aromatic rings. The topological polar surface area (TPSA) is 35.2 Å². The Balaban J connectivity index is 0.00000133. The van der Waals surface area contributed by atoms with Crippen molar-refractivity contribution in [2.45, 2.75) is 56.4 Å². The van der Waals surface area contributed by atoms with E-state index in [0.717, 1.165) is 24.5 Å². The van der Waals surface area contributed by atoms with Crippen molar-refractivity contribution in [1.82, 2.24) is 0 Å². The molecule has 0 amide bonds. The molecule has 2 aliphatic carbocycles. The first kappa shape index (κ1) is 14.7. The molecule has 2 saturated carbocycles. The lowest BCUT2D eigenvalue weighted by Crippen LogP contribution is -2.29. The second kappa shape index (κ2) is 6.15. The Kier molecular flexibility index (Phi) is 4.75. The molecular formula is C16H24ClNO. The van der Waals surface area contributed by atoms with Gasteiger partial charge in [-0.1, -0.05) is 31.4 Å². The summed E-state index contributed by atoms with van der Waals surface area (Å²) in [5.74, 6) is 1.74. The van der Waals surface area contributed by atoms with E-state index in [1.54, 1.807) is 0 Å². The summed E-state index contributed by atoms with van der Waals surface area (Å²) in [6.45, 7) is 0.662. The van der Waals surface area contributed by atoms with Crippen LogP contribution in [0.15, 0.2) is 24.3 Å². The Morgan fingerprint density at radius 2 is 1.68 bits per heavy atom. The highest BCUT2D eigenvalue weighted by Gasteiger charge is 2.39. The number of ether oxygens (including phenoxy) is 1. The van der Waals surface area contributed by atoms with Crippen molar-refractivity contribution in [1.29, 1.82) is 0 Å². The molecule has 106 valence electrons. The number of hydrogen-bond acceptors (Lipinski definition) is 2. The van der Waals surface area contributed by atoms with Crippen LogP contribution in [0.5, 0.6) is 5.75 Å². The van der Waals surface area contributed by atoms with E-state index in [4.69, 9.17) is 10.5 Å². The van der Waals surface area contributed by atoms with Crippen LogP contribution in [-0.4, -0.2) is 12.1 Å². The predicted octanol–water partition coefficient (Wildman–Crippen LogP) is 4.03. The lowest BCUT2D eigenvalue weighted by atomic mass is 9.84. The van der Waals surface area contributed by atoms with Gasteiger partial charge in [0.2, 0.25) is 0 Å². The lowest BCUT2D eigenvalue weighted by Gasteiger charge is -2.22. The maximum atomic E-state index is 6.02. The van der Waals surface area contributed by atoms with Crippen molar-refractivity contribution in [3.8, 4) is 5.75 Å². The molecule has 3 heteroatoms. The Hall–Kier alpha value is -0.730. The van der Waals surface area contributed by atoms with Gasteiger partial charge in [-0.2, -0.15) is 0 Å². The summed E-state index contributed by atoms with van der Waals surface area (Å²) >= 11 is 0. The normalized spacial score (nSPS) is 21.5. The minimum Gasteiger partial charge on any atom is -0.492 e. The van der Waals surface area contributed by atoms with Crippen LogP contribution in [0, 0.1) is 0 Å². The average Bonchev–Trinajstić information content (AvgIpc) is 3.17. The van der Waals surface area contributed by atoms with Gasteiger partial charge in [-0.25, -0.2) is 0 Å². The summed E-state index contributed by atoms with van der Waals surface area (Å²) in [6.07, 6.45) is 9.10. The van der Waals surface area contributed by atoms with Crippen LogP contribution in [0.3, 0.4) is 0 Å². The number of rotatable bonds is 4. The third-order valence-electron chi connectivity index (χ3n) is 4.38. The van der Waals surface area contributed by atoms with Crippen LogP contribution < -0.4 is 10.5 Å². The molecule has 0 unspecified atom stereocenters. The summed E-state index contributed by atoms with van der Waals surface area (Å²) in [6, 6.07) is 8.69. The van der Waals surface area contributed by atoms with Gasteiger partial charge in [-0.15, -0.1) is 12.4 Å². The molecule has 0 bridgehead atoms. The second-order valence-corrected chi connectivity index (χ2v) is 6.06. The van der Waals surface area contributed by atoms with E-state index in [1.165, 1.54) is 37.7 Å². The van der Waals surface area contributed by atoms with E-state index < -0.39 is 0 Å². The summed E-state index contributed by atoms with van der Waals surface area (Å²) in [7, 11) is 0. The predicted molar refractivity (Wildman–Crippen MR) is 81.2 cm³/mol. The number of hydrogen-bond donors (Lipinski definition) is 1. The summed E-state index contributed by atoms with van der Waals surface area (Å²) in [4.78, 5) is 0. The van der Waals surface area contributed by atoms with Crippen molar-refractivity contribution >= 4 is 12.4 Å². The molecule has 0 atom stereocenters. The molecule has 0 heterocycles. The van der Waals surface area contributed by atoms with Crippen LogP contribution in [0.25, 0.3) is 0 Å². The van der Waals surface area contributed by atoms with E-state index in [2.05, 4.69) is 24.3 Å². The second-order valence-electron chi connectivity index (χ2n) is 6.06. The summed E-state index contributed by atoms with van der Waals surface area (Å²) in [5.41, 5.74) is 7.47. The zero-order chi connectivity index (χ0) is 12.4. The molecule has 0 saturated heterocycles. The standard InChI is InChI=1S/C16H23NO.ClH/c17-16(10-11-16)12-18-15-8-6-14(7-9-15)13-4-2-1-3-5-13;/h6-9,13H,1-5,10-12,17H2;1H. The lowest BCUT2D eigenvalue weighted by molar-refractivity contribution is 0.279. The molecule has 0 radical (unpaired) electrons. The van der Waals surface area contributed by atoms with Gasteiger partial charge in [0.1, 0.15) is 12.4 Å². The highest BCUT2D eigenvalue weighted by molar-refractivity contribution is 5.85. The van der Waals surface area contributed by atoms with Crippen molar-refractivity contribution < 1.29 is 4.74 Å². The van der Waals surface area contributed by atoms with Crippen molar-refractivity contribution in [3.05, 3.63) is 29.8 Å². The Bertz CT molecular complexity index is 394. The maximum absolute atomic E-state index is 6.02. The highest BCUT2D eigenvalue weighted by Crippen LogP contribution is 2.34. The van der Waals surface area contributed by atoms with Crippen LogP contribution in [0.2, 0.25) is 0 Å². The molecule has 0 aliphatic heterocycles. The van der Waals surface area contributed by atoms with Gasteiger partial charge >= 0.3 is 0 Å². The van der Waals surface area contributed by atoms with Crippen molar-refractivity contribution in [2.24, 2.45) is 5.73 Å². The van der Waals surface area contributed by atoms with Crippen molar-refractivity contribution in [3.63, 3.8) is 0 Å². The van der Waals surface area contributed by atoms with Crippen LogP contribution in [0.1, 0.15) is 56.4 Å². The molecule has 0 spiro atoms. The van der Waals surface area contributed by atoms with E-state index >= 15 is 0 Å². The zero-order valence-corrected chi connectivity index (χ0v) is 12.3. The largest absolute Gasteiger partial charge is 0.492 e. The molecule has 2 fully saturated rings. The third kappa shape index (κ3) is 3.87. The molecule has 1 aromatic carbocycles. The Morgan fingerprint density at radius 3 is 2.26 bits per heavy atom. The molecule has 19 heavy (non-hydrogen) atoms. The van der Waals surface area contributed by atoms with E-state index in [9.17, 15) is 0 Å². The first-order chi connectivity index (χ1) is 8.75. The van der Waals surface area contributed by atoms with Gasteiger partial charge < -0.3 is 10.5 Å². The first-order valence-electron chi connectivity index (χ1n) is 7.27. The molecule has 0 aromatic heterocycles. The number of benzene rings is 1. The van der Waals surface area contributed by atoms with Crippen LogP contribution in [0.4, 0.5) is 0 Å². The maximum Gasteiger partial charge on any atom is 0.119 e. The molecule has 2 nitrogen and oxygen atoms in total. The summed E-state index contributed by atoms with van der Waals surface area (Å²) in [5, 5.41) is 0. The van der Waals surface area contributed by atoms with Gasteiger partial charge in [0.05, 0.1) is 5.54 Å². The summed E-state index contributed by atoms with van der Waals surface area (Å²) < 4.78 is 5.75. The van der Waals surface area contributed by atoms with E-state index in [1.807, 2.05) is 0 Å². The monoisotopic (exact) mass is 281 g/mol. The zero-order valence-electron chi connectivity index (χ0n) is 11.4. The fourth-order valence-electron chi connectivity index (χ4n) is 2.80. The highest BCUT2D eigenvalue weighted by atomic mass is 35.5. The fourth-order valence-corrected chi connectivity index (χ4v) is 2.80. The number of halogens is 1. The quantitative estimate of drug-likeness (QED) is 0.904. The third-order valence-corrected chi connectivity index (χ3v) is 4.38.